The van der Waals surface area contributed by atoms with Crippen LogP contribution < -0.4 is 11.5 Å². The summed E-state index contributed by atoms with van der Waals surface area (Å²) < 4.78 is 12.5. The molecule has 224 valence electrons. The standard InChI is InChI=1S/C30H24N4O10/c1-3-43-29(41)19-17-21(33(25(19)31)15-9-5-13(6-10-15)27(37)38)24(36)18-20(30(42)44-4-2)26(32)34(22(18)23(17)35)16-11-7-14(8-12-16)28(39)40/h5-12H,3-4,31-32H2,1-2H3,(H,37,38)(H,39,40). The zero-order chi connectivity index (χ0) is 32.0. The van der Waals surface area contributed by atoms with Gasteiger partial charge in [-0.05, 0) is 62.4 Å². The number of hydrogen-bond donors (Lipinski definition) is 4. The SMILES string of the molecule is CCOC(=O)c1c2c(n(-c3ccc(C(=O)O)cc3)c1N)C(=O)c1c(C(=O)OCC)c(N)n(-c3ccc(C(=O)O)cc3)c1C2=O. The lowest BCUT2D eigenvalue weighted by Crippen LogP contribution is -2.26. The summed E-state index contributed by atoms with van der Waals surface area (Å²) in [6.45, 7) is 2.88. The normalized spacial score (nSPS) is 12.0. The van der Waals surface area contributed by atoms with Gasteiger partial charge in [0.15, 0.2) is 0 Å². The highest BCUT2D eigenvalue weighted by atomic mass is 16.5. The third kappa shape index (κ3) is 4.36. The van der Waals surface area contributed by atoms with Crippen LogP contribution >= 0.6 is 0 Å². The number of aromatic carboxylic acids is 2. The Morgan fingerprint density at radius 3 is 1.23 bits per heavy atom. The number of nitrogens with zero attached hydrogens (tertiary/aromatic N) is 2. The Morgan fingerprint density at radius 2 is 0.955 bits per heavy atom. The van der Waals surface area contributed by atoms with Gasteiger partial charge in [-0.2, -0.15) is 0 Å². The van der Waals surface area contributed by atoms with Gasteiger partial charge in [0.25, 0.3) is 0 Å². The molecule has 0 bridgehead atoms. The van der Waals surface area contributed by atoms with Crippen molar-refractivity contribution in [1.29, 1.82) is 0 Å². The quantitative estimate of drug-likeness (QED) is 0.189. The van der Waals surface area contributed by atoms with Crippen molar-refractivity contribution in [3.8, 4) is 11.4 Å². The van der Waals surface area contributed by atoms with Gasteiger partial charge in [-0.15, -0.1) is 0 Å². The van der Waals surface area contributed by atoms with E-state index in [2.05, 4.69) is 0 Å². The number of ketones is 2. The minimum Gasteiger partial charge on any atom is -0.478 e. The van der Waals surface area contributed by atoms with E-state index in [9.17, 15) is 39.0 Å². The van der Waals surface area contributed by atoms with Crippen molar-refractivity contribution in [3.05, 3.63) is 93.3 Å². The molecule has 0 atom stereocenters. The van der Waals surface area contributed by atoms with Crippen molar-refractivity contribution in [3.63, 3.8) is 0 Å². The first-order valence-corrected chi connectivity index (χ1v) is 13.1. The Labute approximate surface area is 248 Å². The molecule has 0 fully saturated rings. The average molecular weight is 601 g/mol. The molecule has 6 N–H and O–H groups in total. The Morgan fingerprint density at radius 1 is 0.636 bits per heavy atom. The number of rotatable bonds is 8. The zero-order valence-corrected chi connectivity index (χ0v) is 23.2. The van der Waals surface area contributed by atoms with Crippen LogP contribution in [0.1, 0.15) is 87.4 Å². The van der Waals surface area contributed by atoms with Gasteiger partial charge in [0.2, 0.25) is 11.6 Å². The largest absolute Gasteiger partial charge is 0.478 e. The van der Waals surface area contributed by atoms with Gasteiger partial charge in [0.05, 0.1) is 35.5 Å². The third-order valence-electron chi connectivity index (χ3n) is 7.00. The number of fused-ring (bicyclic) bond motifs is 2. The minimum atomic E-state index is -1.21. The number of nitrogen functional groups attached to an aromatic ring is 2. The van der Waals surface area contributed by atoms with E-state index in [1.54, 1.807) is 0 Å². The fourth-order valence-electron chi connectivity index (χ4n) is 5.15. The lowest BCUT2D eigenvalue weighted by Gasteiger charge is -2.18. The highest BCUT2D eigenvalue weighted by Gasteiger charge is 2.46. The van der Waals surface area contributed by atoms with Crippen molar-refractivity contribution in [2.75, 3.05) is 24.7 Å². The molecule has 0 saturated heterocycles. The van der Waals surface area contributed by atoms with E-state index in [1.165, 1.54) is 62.4 Å². The molecule has 2 aromatic carbocycles. The van der Waals surface area contributed by atoms with Crippen molar-refractivity contribution in [1.82, 2.24) is 9.13 Å². The van der Waals surface area contributed by atoms with Crippen LogP contribution in [0.2, 0.25) is 0 Å². The molecule has 1 aliphatic carbocycles. The van der Waals surface area contributed by atoms with Crippen molar-refractivity contribution in [2.24, 2.45) is 0 Å². The molecule has 0 unspecified atom stereocenters. The van der Waals surface area contributed by atoms with Crippen LogP contribution in [-0.4, -0.2) is 68.0 Å². The molecular formula is C30H24N4O10. The number of hydrogen-bond acceptors (Lipinski definition) is 10. The lowest BCUT2D eigenvalue weighted by atomic mass is 9.88. The van der Waals surface area contributed by atoms with Crippen LogP contribution in [0.15, 0.2) is 48.5 Å². The number of carboxylic acids is 2. The molecule has 0 aliphatic heterocycles. The first kappa shape index (κ1) is 29.3. The van der Waals surface area contributed by atoms with Crippen molar-refractivity contribution >= 4 is 47.1 Å². The Bertz CT molecular complexity index is 1770. The van der Waals surface area contributed by atoms with E-state index in [4.69, 9.17) is 20.9 Å². The molecular weight excluding hydrogens is 576 g/mol. The van der Waals surface area contributed by atoms with Crippen molar-refractivity contribution in [2.45, 2.75) is 13.8 Å². The van der Waals surface area contributed by atoms with Crippen LogP contribution in [-0.2, 0) is 9.47 Å². The average Bonchev–Trinajstić information content (AvgIpc) is 3.48. The highest BCUT2D eigenvalue weighted by Crippen LogP contribution is 2.42. The van der Waals surface area contributed by atoms with Crippen LogP contribution in [0.5, 0.6) is 0 Å². The zero-order valence-electron chi connectivity index (χ0n) is 23.2. The van der Waals surface area contributed by atoms with Gasteiger partial charge in [-0.1, -0.05) is 0 Å². The van der Waals surface area contributed by atoms with Crippen LogP contribution in [0.4, 0.5) is 11.6 Å². The Hall–Kier alpha value is -6.18. The maximum absolute atomic E-state index is 14.4. The summed E-state index contributed by atoms with van der Waals surface area (Å²) in [5, 5.41) is 18.7. The Kier molecular flexibility index (Phi) is 7.27. The molecule has 1 aliphatic rings. The van der Waals surface area contributed by atoms with Crippen LogP contribution in [0.3, 0.4) is 0 Å². The molecule has 44 heavy (non-hydrogen) atoms. The molecule has 5 rings (SSSR count). The summed E-state index contributed by atoms with van der Waals surface area (Å²) in [4.78, 5) is 78.1. The molecule has 2 aromatic heterocycles. The van der Waals surface area contributed by atoms with Crippen LogP contribution in [0, 0.1) is 0 Å². The van der Waals surface area contributed by atoms with Gasteiger partial charge in [-0.3, -0.25) is 18.7 Å². The molecule has 0 amide bonds. The second-order valence-corrected chi connectivity index (χ2v) is 9.44. The monoisotopic (exact) mass is 600 g/mol. The van der Waals surface area contributed by atoms with E-state index < -0.39 is 57.7 Å². The molecule has 0 radical (unpaired) electrons. The Balaban J connectivity index is 1.86. The van der Waals surface area contributed by atoms with Gasteiger partial charge < -0.3 is 31.2 Å². The molecule has 14 heteroatoms. The number of aromatic nitrogens is 2. The molecule has 0 saturated carbocycles. The number of esters is 2. The van der Waals surface area contributed by atoms with Crippen molar-refractivity contribution < 1.29 is 48.5 Å². The van der Waals surface area contributed by atoms with Gasteiger partial charge in [-0.25, -0.2) is 19.2 Å². The summed E-state index contributed by atoms with van der Waals surface area (Å²) in [6, 6.07) is 10.3. The summed E-state index contributed by atoms with van der Waals surface area (Å²) in [6.07, 6.45) is 0. The van der Waals surface area contributed by atoms with Gasteiger partial charge in [0, 0.05) is 11.4 Å². The van der Waals surface area contributed by atoms with E-state index in [-0.39, 0.29) is 58.7 Å². The molecule has 4 aromatic rings. The third-order valence-corrected chi connectivity index (χ3v) is 7.00. The summed E-state index contributed by atoms with van der Waals surface area (Å²) >= 11 is 0. The first-order chi connectivity index (χ1) is 20.9. The summed E-state index contributed by atoms with van der Waals surface area (Å²) in [5.74, 6) is -6.94. The molecule has 14 nitrogen and oxygen atoms in total. The number of carboxylic acid groups (broad SMARTS) is 2. The van der Waals surface area contributed by atoms with E-state index in [0.29, 0.717) is 0 Å². The fourth-order valence-corrected chi connectivity index (χ4v) is 5.15. The van der Waals surface area contributed by atoms with E-state index in [1.807, 2.05) is 0 Å². The maximum Gasteiger partial charge on any atom is 0.342 e. The summed E-state index contributed by atoms with van der Waals surface area (Å²) in [5.41, 5.74) is 10.5. The number of carbonyl (C=O) groups excluding carboxylic acids is 4. The number of carbonyl (C=O) groups is 6. The topological polar surface area (TPSA) is 223 Å². The first-order valence-electron chi connectivity index (χ1n) is 13.1. The number of nitrogens with two attached hydrogens (primary N) is 2. The van der Waals surface area contributed by atoms with Crippen LogP contribution in [0.25, 0.3) is 11.4 Å². The number of benzene rings is 2. The smallest absolute Gasteiger partial charge is 0.342 e. The lowest BCUT2D eigenvalue weighted by molar-refractivity contribution is 0.0515. The number of ether oxygens (including phenoxy) is 2. The second-order valence-electron chi connectivity index (χ2n) is 9.44. The number of anilines is 2. The summed E-state index contributed by atoms with van der Waals surface area (Å²) in [7, 11) is 0. The van der Waals surface area contributed by atoms with Gasteiger partial charge >= 0.3 is 23.9 Å². The predicted octanol–water partition coefficient (Wildman–Crippen LogP) is 2.96. The highest BCUT2D eigenvalue weighted by molar-refractivity contribution is 6.34. The molecule has 0 spiro atoms. The van der Waals surface area contributed by atoms with Gasteiger partial charge in [0.1, 0.15) is 34.2 Å². The fraction of sp³-hybridized carbons (Fsp3) is 0.133. The molecule has 2 heterocycles. The predicted molar refractivity (Wildman–Crippen MR) is 153 cm³/mol. The second kappa shape index (κ2) is 10.9. The maximum atomic E-state index is 14.4. The van der Waals surface area contributed by atoms with E-state index in [0.717, 1.165) is 9.13 Å². The minimum absolute atomic E-state index is 0.0768. The van der Waals surface area contributed by atoms with E-state index >= 15 is 0 Å².